The van der Waals surface area contributed by atoms with Gasteiger partial charge in [-0.25, -0.2) is 0 Å². The van der Waals surface area contributed by atoms with Crippen molar-refractivity contribution < 1.29 is 9.59 Å². The molecule has 1 aromatic heterocycles. The summed E-state index contributed by atoms with van der Waals surface area (Å²) in [5.74, 6) is -0.328. The monoisotopic (exact) mass is 343 g/mol. The zero-order chi connectivity index (χ0) is 16.9. The average molecular weight is 343 g/mol. The molecule has 0 bridgehead atoms. The summed E-state index contributed by atoms with van der Waals surface area (Å²) in [5.41, 5.74) is 7.57. The highest BCUT2D eigenvalue weighted by Gasteiger charge is 2.23. The van der Waals surface area contributed by atoms with E-state index in [9.17, 15) is 9.59 Å². The van der Waals surface area contributed by atoms with Gasteiger partial charge in [-0.15, -0.1) is 11.3 Å². The molecule has 3 rings (SSSR count). The molecule has 0 spiro atoms. The van der Waals surface area contributed by atoms with Crippen LogP contribution in [0.1, 0.15) is 28.1 Å². The van der Waals surface area contributed by atoms with Crippen LogP contribution in [0.2, 0.25) is 0 Å². The fraction of sp³-hybridized carbons (Fsp3) is 0.333. The number of carbonyl (C=O) groups excluding carboxylic acids is 2. The number of anilines is 1. The Morgan fingerprint density at radius 1 is 1.25 bits per heavy atom. The molecule has 1 fully saturated rings. The van der Waals surface area contributed by atoms with Crippen LogP contribution in [0.4, 0.5) is 5.69 Å². The number of carbonyl (C=O) groups is 2. The molecule has 0 unspecified atom stereocenters. The summed E-state index contributed by atoms with van der Waals surface area (Å²) in [6.07, 6.45) is 1.85. The normalized spacial score (nSPS) is 17.5. The minimum atomic E-state index is -0.215. The van der Waals surface area contributed by atoms with Crippen LogP contribution >= 0.6 is 11.3 Å². The summed E-state index contributed by atoms with van der Waals surface area (Å²) in [4.78, 5) is 26.2. The molecular weight excluding hydrogens is 322 g/mol. The molecule has 2 amide bonds. The van der Waals surface area contributed by atoms with E-state index < -0.39 is 0 Å². The van der Waals surface area contributed by atoms with Crippen LogP contribution < -0.4 is 16.0 Å². The van der Waals surface area contributed by atoms with Crippen molar-refractivity contribution in [3.8, 4) is 0 Å². The molecule has 24 heavy (non-hydrogen) atoms. The molecule has 5 nitrogen and oxygen atoms in total. The second kappa shape index (κ2) is 7.49. The van der Waals surface area contributed by atoms with Gasteiger partial charge in [0.05, 0.1) is 10.8 Å². The minimum absolute atomic E-state index is 0.0468. The van der Waals surface area contributed by atoms with E-state index >= 15 is 0 Å². The number of piperidine rings is 1. The Morgan fingerprint density at radius 3 is 2.71 bits per heavy atom. The Hall–Kier alpha value is -2.34. The highest BCUT2D eigenvalue weighted by atomic mass is 32.1. The zero-order valence-corrected chi connectivity index (χ0v) is 14.2. The maximum absolute atomic E-state index is 11.9. The number of benzene rings is 1. The molecule has 3 N–H and O–H groups in total. The molecule has 126 valence electrons. The van der Waals surface area contributed by atoms with Crippen LogP contribution in [-0.4, -0.2) is 24.9 Å². The Labute approximate surface area is 145 Å². The smallest absolute Gasteiger partial charge is 0.261 e. The predicted molar refractivity (Wildman–Crippen MR) is 96.1 cm³/mol. The molecule has 0 radical (unpaired) electrons. The molecule has 1 aliphatic rings. The highest BCUT2D eigenvalue weighted by Crippen LogP contribution is 2.23. The fourth-order valence-corrected chi connectivity index (χ4v) is 3.59. The third-order valence-electron chi connectivity index (χ3n) is 4.32. The van der Waals surface area contributed by atoms with Crippen molar-refractivity contribution in [2.24, 2.45) is 11.7 Å². The van der Waals surface area contributed by atoms with Crippen LogP contribution in [0.5, 0.6) is 0 Å². The minimum Gasteiger partial charge on any atom is -0.371 e. The van der Waals surface area contributed by atoms with Crippen molar-refractivity contribution in [1.29, 1.82) is 0 Å². The van der Waals surface area contributed by atoms with Crippen molar-refractivity contribution >= 4 is 28.8 Å². The second-order valence-corrected chi connectivity index (χ2v) is 6.96. The SMILES string of the molecule is NC(=O)[C@H]1CCCN(c2ccc(CNC(=O)c3cccs3)cc2)C1. The van der Waals surface area contributed by atoms with Crippen molar-refractivity contribution in [3.63, 3.8) is 0 Å². The van der Waals surface area contributed by atoms with Crippen molar-refractivity contribution in [1.82, 2.24) is 5.32 Å². The number of amides is 2. The lowest BCUT2D eigenvalue weighted by molar-refractivity contribution is -0.122. The van der Waals surface area contributed by atoms with Gasteiger partial charge in [-0.05, 0) is 42.0 Å². The maximum Gasteiger partial charge on any atom is 0.261 e. The summed E-state index contributed by atoms with van der Waals surface area (Å²) in [6, 6.07) is 11.8. The standard InChI is InChI=1S/C18H21N3O2S/c19-17(22)14-3-1-9-21(12-14)15-7-5-13(6-8-15)11-20-18(23)16-4-2-10-24-16/h2,4-8,10,14H,1,3,9,11-12H2,(H2,19,22)(H,20,23)/t14-/m0/s1. The number of hydrogen-bond acceptors (Lipinski definition) is 4. The van der Waals surface area contributed by atoms with Gasteiger partial charge in [-0.2, -0.15) is 0 Å². The summed E-state index contributed by atoms with van der Waals surface area (Å²) in [7, 11) is 0. The lowest BCUT2D eigenvalue weighted by Gasteiger charge is -2.33. The van der Waals surface area contributed by atoms with Gasteiger partial charge < -0.3 is 16.0 Å². The van der Waals surface area contributed by atoms with Crippen LogP contribution in [0.15, 0.2) is 41.8 Å². The number of nitrogens with two attached hydrogens (primary N) is 1. The van der Waals surface area contributed by atoms with Gasteiger partial charge >= 0.3 is 0 Å². The van der Waals surface area contributed by atoms with E-state index in [0.717, 1.165) is 35.5 Å². The van der Waals surface area contributed by atoms with Crippen LogP contribution in [0, 0.1) is 5.92 Å². The predicted octanol–water partition coefficient (Wildman–Crippen LogP) is 2.38. The summed E-state index contributed by atoms with van der Waals surface area (Å²) >= 11 is 1.43. The fourth-order valence-electron chi connectivity index (χ4n) is 2.95. The van der Waals surface area contributed by atoms with E-state index in [1.54, 1.807) is 0 Å². The van der Waals surface area contributed by atoms with E-state index in [2.05, 4.69) is 10.2 Å². The van der Waals surface area contributed by atoms with Crippen molar-refractivity contribution in [2.45, 2.75) is 19.4 Å². The van der Waals surface area contributed by atoms with Crippen LogP contribution in [-0.2, 0) is 11.3 Å². The first-order valence-corrected chi connectivity index (χ1v) is 8.96. The van der Waals surface area contributed by atoms with Crippen molar-refractivity contribution in [2.75, 3.05) is 18.0 Å². The van der Waals surface area contributed by atoms with E-state index in [0.29, 0.717) is 13.1 Å². The van der Waals surface area contributed by atoms with Gasteiger partial charge in [0.25, 0.3) is 5.91 Å². The molecule has 0 aliphatic carbocycles. The Kier molecular flexibility index (Phi) is 5.15. The lowest BCUT2D eigenvalue weighted by atomic mass is 9.97. The summed E-state index contributed by atoms with van der Waals surface area (Å²) < 4.78 is 0. The van der Waals surface area contributed by atoms with Crippen molar-refractivity contribution in [3.05, 3.63) is 52.2 Å². The molecule has 1 aliphatic heterocycles. The highest BCUT2D eigenvalue weighted by molar-refractivity contribution is 7.12. The number of primary amides is 1. The molecule has 0 saturated carbocycles. The van der Waals surface area contributed by atoms with Crippen LogP contribution in [0.3, 0.4) is 0 Å². The Bertz CT molecular complexity index is 698. The molecule has 6 heteroatoms. The zero-order valence-electron chi connectivity index (χ0n) is 13.4. The van der Waals surface area contributed by atoms with Gasteiger partial charge in [0.2, 0.25) is 5.91 Å². The topological polar surface area (TPSA) is 75.4 Å². The molecule has 2 heterocycles. The van der Waals surface area contributed by atoms with E-state index in [1.165, 1.54) is 11.3 Å². The van der Waals surface area contributed by atoms with E-state index in [4.69, 9.17) is 5.73 Å². The van der Waals surface area contributed by atoms with E-state index in [-0.39, 0.29) is 17.7 Å². The number of nitrogens with one attached hydrogen (secondary N) is 1. The van der Waals surface area contributed by atoms with Gasteiger partial charge in [0, 0.05) is 25.3 Å². The Morgan fingerprint density at radius 2 is 2.04 bits per heavy atom. The number of nitrogens with zero attached hydrogens (tertiary/aromatic N) is 1. The van der Waals surface area contributed by atoms with Gasteiger partial charge in [-0.3, -0.25) is 9.59 Å². The third kappa shape index (κ3) is 3.94. The lowest BCUT2D eigenvalue weighted by Crippen LogP contribution is -2.41. The van der Waals surface area contributed by atoms with Gasteiger partial charge in [0.1, 0.15) is 0 Å². The molecular formula is C18H21N3O2S. The average Bonchev–Trinajstić information content (AvgIpc) is 3.15. The number of thiophene rings is 1. The summed E-state index contributed by atoms with van der Waals surface area (Å²) in [5, 5.41) is 4.81. The van der Waals surface area contributed by atoms with Gasteiger partial charge in [-0.1, -0.05) is 18.2 Å². The largest absolute Gasteiger partial charge is 0.371 e. The van der Waals surface area contributed by atoms with Crippen LogP contribution in [0.25, 0.3) is 0 Å². The second-order valence-electron chi connectivity index (χ2n) is 6.01. The Balaban J connectivity index is 1.57. The first-order chi connectivity index (χ1) is 11.6. The first-order valence-electron chi connectivity index (χ1n) is 8.08. The van der Waals surface area contributed by atoms with Gasteiger partial charge in [0.15, 0.2) is 0 Å². The molecule has 2 aromatic rings. The quantitative estimate of drug-likeness (QED) is 0.875. The number of rotatable bonds is 5. The number of hydrogen-bond donors (Lipinski definition) is 2. The molecule has 1 aromatic carbocycles. The summed E-state index contributed by atoms with van der Waals surface area (Å²) in [6.45, 7) is 2.13. The third-order valence-corrected chi connectivity index (χ3v) is 5.19. The first kappa shape index (κ1) is 16.5. The molecule has 1 atom stereocenters. The molecule has 1 saturated heterocycles. The van der Waals surface area contributed by atoms with E-state index in [1.807, 2.05) is 41.8 Å². The maximum atomic E-state index is 11.9.